The van der Waals surface area contributed by atoms with Gasteiger partial charge in [0, 0.05) is 12.7 Å². The molecule has 242 valence electrons. The molecular weight excluding hydrogens is 565 g/mol. The van der Waals surface area contributed by atoms with Crippen molar-refractivity contribution in [2.24, 2.45) is 23.2 Å². The minimum absolute atomic E-state index is 0.0345. The molecule has 0 heterocycles. The standard InChI is InChI=1S/C36H68O3Si3/c1-28-18-21-32(38-41(8,9)10)26-30(28)20-19-29-16-15-25-36(4)33(29)22-23-34(36)31(27-37-40(5,6)7)17-14-24-35(2,3)39-42(11,12)13/h19-20,31-34H,1,14-18,21-27H2,2-13H3/b29-19+,30-20-/t31-,32-,33-,34+,36-/m0/s1. The van der Waals surface area contributed by atoms with Gasteiger partial charge < -0.3 is 13.3 Å². The SMILES string of the molecule is C=C1CC[C@H](O[Si](C)(C)C)C/C1=C/C=C1\CCC[C@]2(C)[C@@H]([C@@H](CCCC(C)(C)O[Si](C)(C)C)CO[Si](C)(C)C)CC[C@@H]12. The summed E-state index contributed by atoms with van der Waals surface area (Å²) in [5, 5.41) is 0. The molecule has 3 fully saturated rings. The van der Waals surface area contributed by atoms with E-state index in [-0.39, 0.29) is 5.60 Å². The van der Waals surface area contributed by atoms with Crippen molar-refractivity contribution in [2.75, 3.05) is 6.61 Å². The smallest absolute Gasteiger partial charge is 0.184 e. The zero-order valence-electron chi connectivity index (χ0n) is 29.9. The Morgan fingerprint density at radius 1 is 0.929 bits per heavy atom. The monoisotopic (exact) mass is 632 g/mol. The third-order valence-corrected chi connectivity index (χ3v) is 13.2. The minimum Gasteiger partial charge on any atom is -0.417 e. The van der Waals surface area contributed by atoms with Crippen LogP contribution in [0, 0.1) is 23.2 Å². The van der Waals surface area contributed by atoms with Crippen LogP contribution in [0.5, 0.6) is 0 Å². The summed E-state index contributed by atoms with van der Waals surface area (Å²) in [6.45, 7) is 33.6. The van der Waals surface area contributed by atoms with Crippen molar-refractivity contribution >= 4 is 25.0 Å². The lowest BCUT2D eigenvalue weighted by Crippen LogP contribution is -2.40. The molecule has 0 spiro atoms. The van der Waals surface area contributed by atoms with Gasteiger partial charge in [-0.25, -0.2) is 0 Å². The van der Waals surface area contributed by atoms with Crippen LogP contribution in [-0.2, 0) is 13.3 Å². The van der Waals surface area contributed by atoms with Gasteiger partial charge >= 0.3 is 0 Å². The fourth-order valence-electron chi connectivity index (χ4n) is 8.46. The first-order chi connectivity index (χ1) is 19.2. The van der Waals surface area contributed by atoms with Crippen molar-refractivity contribution in [2.45, 2.75) is 162 Å². The van der Waals surface area contributed by atoms with E-state index in [1.54, 1.807) is 5.57 Å². The number of fused-ring (bicyclic) bond motifs is 1. The Bertz CT molecular complexity index is 978. The molecule has 5 atom stereocenters. The predicted octanol–water partition coefficient (Wildman–Crippen LogP) is 11.3. The number of hydrogen-bond donors (Lipinski definition) is 0. The summed E-state index contributed by atoms with van der Waals surface area (Å²) >= 11 is 0. The molecule has 0 radical (unpaired) electrons. The Balaban J connectivity index is 1.76. The molecule has 0 aromatic heterocycles. The molecule has 0 aromatic carbocycles. The van der Waals surface area contributed by atoms with Crippen molar-refractivity contribution in [3.8, 4) is 0 Å². The Morgan fingerprint density at radius 2 is 1.62 bits per heavy atom. The van der Waals surface area contributed by atoms with Crippen LogP contribution in [0.2, 0.25) is 58.9 Å². The van der Waals surface area contributed by atoms with Crippen molar-refractivity contribution in [3.05, 3.63) is 35.5 Å². The number of allylic oxidation sites excluding steroid dienone is 4. The Morgan fingerprint density at radius 3 is 2.24 bits per heavy atom. The van der Waals surface area contributed by atoms with E-state index in [1.165, 1.54) is 56.1 Å². The molecule has 0 bridgehead atoms. The number of hydrogen-bond acceptors (Lipinski definition) is 3. The molecule has 0 saturated heterocycles. The first-order valence-corrected chi connectivity index (χ1v) is 27.5. The molecule has 3 rings (SSSR count). The lowest BCUT2D eigenvalue weighted by molar-refractivity contribution is 0.0504. The molecule has 3 aliphatic rings. The highest BCUT2D eigenvalue weighted by atomic mass is 28.4. The largest absolute Gasteiger partial charge is 0.417 e. The lowest BCUT2D eigenvalue weighted by Gasteiger charge is -2.45. The van der Waals surface area contributed by atoms with Crippen LogP contribution in [0.3, 0.4) is 0 Å². The van der Waals surface area contributed by atoms with Gasteiger partial charge in [0.05, 0.1) is 5.60 Å². The molecule has 0 N–H and O–H groups in total. The average Bonchev–Trinajstić information content (AvgIpc) is 3.16. The van der Waals surface area contributed by atoms with E-state index in [0.717, 1.165) is 38.2 Å². The van der Waals surface area contributed by atoms with Crippen molar-refractivity contribution in [3.63, 3.8) is 0 Å². The van der Waals surface area contributed by atoms with Crippen LogP contribution in [0.15, 0.2) is 35.5 Å². The summed E-state index contributed by atoms with van der Waals surface area (Å²) in [6.07, 6.45) is 18.8. The molecule has 0 aromatic rings. The molecule has 42 heavy (non-hydrogen) atoms. The van der Waals surface area contributed by atoms with Crippen LogP contribution in [-0.4, -0.2) is 43.3 Å². The third-order valence-electron chi connectivity index (χ3n) is 9.96. The van der Waals surface area contributed by atoms with E-state index in [2.05, 4.69) is 98.4 Å². The quantitative estimate of drug-likeness (QED) is 0.189. The molecule has 3 aliphatic carbocycles. The van der Waals surface area contributed by atoms with Gasteiger partial charge in [0.25, 0.3) is 0 Å². The second-order valence-corrected chi connectivity index (χ2v) is 31.2. The normalized spacial score (nSPS) is 30.7. The zero-order chi connectivity index (χ0) is 31.6. The van der Waals surface area contributed by atoms with E-state index < -0.39 is 25.0 Å². The average molecular weight is 633 g/mol. The Labute approximate surface area is 264 Å². The molecule has 3 saturated carbocycles. The summed E-state index contributed by atoms with van der Waals surface area (Å²) in [5.74, 6) is 2.10. The van der Waals surface area contributed by atoms with Gasteiger partial charge in [-0.15, -0.1) is 0 Å². The van der Waals surface area contributed by atoms with Gasteiger partial charge in [-0.05, 0) is 166 Å². The second-order valence-electron chi connectivity index (χ2n) is 17.8. The van der Waals surface area contributed by atoms with Crippen LogP contribution >= 0.6 is 0 Å². The van der Waals surface area contributed by atoms with Gasteiger partial charge in [0.15, 0.2) is 25.0 Å². The lowest BCUT2D eigenvalue weighted by atomic mass is 9.60. The van der Waals surface area contributed by atoms with Crippen LogP contribution in [0.1, 0.15) is 91.4 Å². The van der Waals surface area contributed by atoms with Crippen LogP contribution < -0.4 is 0 Å². The third kappa shape index (κ3) is 11.0. The summed E-state index contributed by atoms with van der Waals surface area (Å²) in [4.78, 5) is 0. The van der Waals surface area contributed by atoms with Crippen LogP contribution in [0.25, 0.3) is 0 Å². The van der Waals surface area contributed by atoms with E-state index >= 15 is 0 Å². The molecule has 0 aliphatic heterocycles. The molecular formula is C36H68O3Si3. The van der Waals surface area contributed by atoms with E-state index in [1.807, 2.05) is 0 Å². The zero-order valence-corrected chi connectivity index (χ0v) is 32.9. The Kier molecular flexibility index (Phi) is 12.1. The van der Waals surface area contributed by atoms with Gasteiger partial charge in [-0.1, -0.05) is 43.2 Å². The highest BCUT2D eigenvalue weighted by Crippen LogP contribution is 2.60. The number of rotatable bonds is 13. The van der Waals surface area contributed by atoms with E-state index in [4.69, 9.17) is 13.3 Å². The summed E-state index contributed by atoms with van der Waals surface area (Å²) < 4.78 is 19.8. The topological polar surface area (TPSA) is 27.7 Å². The molecule has 0 amide bonds. The van der Waals surface area contributed by atoms with Gasteiger partial charge in [0.2, 0.25) is 0 Å². The maximum absolute atomic E-state index is 6.67. The second kappa shape index (κ2) is 14.0. The van der Waals surface area contributed by atoms with Crippen molar-refractivity contribution < 1.29 is 13.3 Å². The fourth-order valence-corrected chi connectivity index (χ4v) is 12.1. The first kappa shape index (κ1) is 36.2. The van der Waals surface area contributed by atoms with Crippen molar-refractivity contribution in [1.29, 1.82) is 0 Å². The van der Waals surface area contributed by atoms with Gasteiger partial charge in [-0.3, -0.25) is 0 Å². The summed E-state index contributed by atoms with van der Waals surface area (Å²) in [6, 6.07) is 0. The van der Waals surface area contributed by atoms with E-state index in [0.29, 0.717) is 23.4 Å². The minimum atomic E-state index is -1.57. The molecule has 6 heteroatoms. The van der Waals surface area contributed by atoms with Gasteiger partial charge in [0.1, 0.15) is 0 Å². The predicted molar refractivity (Wildman–Crippen MR) is 191 cm³/mol. The summed E-state index contributed by atoms with van der Waals surface area (Å²) in [7, 11) is -4.67. The highest BCUT2D eigenvalue weighted by Gasteiger charge is 2.51. The molecule has 3 nitrogen and oxygen atoms in total. The van der Waals surface area contributed by atoms with Gasteiger partial charge in [-0.2, -0.15) is 0 Å². The fraction of sp³-hybridized carbons (Fsp3) is 0.833. The van der Waals surface area contributed by atoms with E-state index in [9.17, 15) is 0 Å². The molecule has 0 unspecified atom stereocenters. The maximum Gasteiger partial charge on any atom is 0.184 e. The summed E-state index contributed by atoms with van der Waals surface area (Å²) in [5.41, 5.74) is 4.81. The first-order valence-electron chi connectivity index (χ1n) is 17.3. The highest BCUT2D eigenvalue weighted by molar-refractivity contribution is 6.70. The van der Waals surface area contributed by atoms with Crippen molar-refractivity contribution in [1.82, 2.24) is 0 Å². The van der Waals surface area contributed by atoms with Crippen LogP contribution in [0.4, 0.5) is 0 Å². The Hall–Kier alpha value is -0.249. The maximum atomic E-state index is 6.67.